The van der Waals surface area contributed by atoms with Gasteiger partial charge in [-0.15, -0.1) is 0 Å². The van der Waals surface area contributed by atoms with Gasteiger partial charge in [-0.05, 0) is 12.1 Å². The van der Waals surface area contributed by atoms with E-state index in [0.717, 1.165) is 5.82 Å². The lowest BCUT2D eigenvalue weighted by molar-refractivity contribution is 0.187. The molecule has 0 spiro atoms. The summed E-state index contributed by atoms with van der Waals surface area (Å²) < 4.78 is 0. The molecular weight excluding hydrogens is 208 g/mol. The maximum Gasteiger partial charge on any atom is 0.405 e. The van der Waals surface area contributed by atoms with Gasteiger partial charge in [-0.25, -0.2) is 9.78 Å². The number of anilines is 1. The van der Waals surface area contributed by atoms with Gasteiger partial charge in [0.05, 0.1) is 11.6 Å². The first-order valence-corrected chi connectivity index (χ1v) is 4.79. The maximum absolute atomic E-state index is 10.3. The predicted octanol–water partition coefficient (Wildman–Crippen LogP) is 0.409. The summed E-state index contributed by atoms with van der Waals surface area (Å²) in [5, 5.41) is 19.5. The Kier molecular flexibility index (Phi) is 2.60. The highest BCUT2D eigenvalue weighted by Crippen LogP contribution is 2.18. The van der Waals surface area contributed by atoms with Crippen molar-refractivity contribution in [3.8, 4) is 6.07 Å². The monoisotopic (exact) mass is 218 g/mol. The normalized spacial score (nSPS) is 15.1. The lowest BCUT2D eigenvalue weighted by Gasteiger charge is -2.39. The molecule has 1 fully saturated rings. The van der Waals surface area contributed by atoms with Crippen LogP contribution in [0.2, 0.25) is 0 Å². The molecule has 0 atom stereocenters. The quantitative estimate of drug-likeness (QED) is 0.750. The number of nitrogens with one attached hydrogen (secondary N) is 1. The van der Waals surface area contributed by atoms with Crippen LogP contribution in [-0.4, -0.2) is 35.3 Å². The Morgan fingerprint density at radius 2 is 2.38 bits per heavy atom. The van der Waals surface area contributed by atoms with Crippen molar-refractivity contribution in [1.82, 2.24) is 10.3 Å². The third-order valence-corrected chi connectivity index (χ3v) is 2.41. The molecular formula is C10H10N4O2. The molecule has 0 radical (unpaired) electrons. The van der Waals surface area contributed by atoms with Crippen LogP contribution in [0.5, 0.6) is 0 Å². The summed E-state index contributed by atoms with van der Waals surface area (Å²) in [4.78, 5) is 16.4. The molecule has 1 amide bonds. The first-order chi connectivity index (χ1) is 7.69. The van der Waals surface area contributed by atoms with Gasteiger partial charge in [-0.2, -0.15) is 5.26 Å². The van der Waals surface area contributed by atoms with Crippen LogP contribution in [0.4, 0.5) is 10.6 Å². The number of nitriles is 1. The van der Waals surface area contributed by atoms with E-state index in [4.69, 9.17) is 10.4 Å². The molecule has 6 nitrogen and oxygen atoms in total. The molecule has 1 saturated heterocycles. The van der Waals surface area contributed by atoms with Gasteiger partial charge in [-0.3, -0.25) is 0 Å². The van der Waals surface area contributed by atoms with Crippen molar-refractivity contribution in [2.75, 3.05) is 18.0 Å². The number of rotatable bonds is 2. The van der Waals surface area contributed by atoms with Gasteiger partial charge in [0.15, 0.2) is 0 Å². The molecule has 0 aliphatic carbocycles. The zero-order valence-electron chi connectivity index (χ0n) is 8.42. The summed E-state index contributed by atoms with van der Waals surface area (Å²) in [6.45, 7) is 1.23. The maximum atomic E-state index is 10.3. The van der Waals surface area contributed by atoms with E-state index in [0.29, 0.717) is 18.7 Å². The minimum Gasteiger partial charge on any atom is -0.465 e. The number of amides is 1. The average Bonchev–Trinajstić information content (AvgIpc) is 2.23. The fourth-order valence-electron chi connectivity index (χ4n) is 1.57. The number of pyridine rings is 1. The Morgan fingerprint density at radius 1 is 1.62 bits per heavy atom. The highest BCUT2D eigenvalue weighted by molar-refractivity contribution is 5.65. The van der Waals surface area contributed by atoms with Crippen LogP contribution < -0.4 is 10.2 Å². The van der Waals surface area contributed by atoms with Crippen LogP contribution in [0.25, 0.3) is 0 Å². The van der Waals surface area contributed by atoms with E-state index in [1.807, 2.05) is 11.0 Å². The number of hydrogen-bond acceptors (Lipinski definition) is 4. The SMILES string of the molecule is N#Cc1ccc(N2CC(NC(=O)O)C2)nc1. The van der Waals surface area contributed by atoms with E-state index in [-0.39, 0.29) is 6.04 Å². The lowest BCUT2D eigenvalue weighted by atomic mass is 10.1. The van der Waals surface area contributed by atoms with Crippen molar-refractivity contribution in [2.45, 2.75) is 6.04 Å². The zero-order chi connectivity index (χ0) is 11.5. The second-order valence-corrected chi connectivity index (χ2v) is 3.57. The van der Waals surface area contributed by atoms with Gasteiger partial charge in [0.25, 0.3) is 0 Å². The van der Waals surface area contributed by atoms with Crippen LogP contribution in [0, 0.1) is 11.3 Å². The second-order valence-electron chi connectivity index (χ2n) is 3.57. The molecule has 1 aliphatic rings. The number of carbonyl (C=O) groups is 1. The van der Waals surface area contributed by atoms with Crippen molar-refractivity contribution in [3.63, 3.8) is 0 Å². The molecule has 2 N–H and O–H groups in total. The van der Waals surface area contributed by atoms with Crippen LogP contribution in [0.15, 0.2) is 18.3 Å². The van der Waals surface area contributed by atoms with Crippen LogP contribution in [0.1, 0.15) is 5.56 Å². The highest BCUT2D eigenvalue weighted by atomic mass is 16.4. The molecule has 0 saturated carbocycles. The molecule has 0 bridgehead atoms. The summed E-state index contributed by atoms with van der Waals surface area (Å²) in [7, 11) is 0. The molecule has 1 aromatic rings. The number of hydrogen-bond donors (Lipinski definition) is 2. The number of nitrogens with zero attached hydrogens (tertiary/aromatic N) is 3. The first-order valence-electron chi connectivity index (χ1n) is 4.79. The molecule has 16 heavy (non-hydrogen) atoms. The molecule has 2 rings (SSSR count). The van der Waals surface area contributed by atoms with Crippen molar-refractivity contribution < 1.29 is 9.90 Å². The molecule has 82 valence electrons. The third-order valence-electron chi connectivity index (χ3n) is 2.41. The smallest absolute Gasteiger partial charge is 0.405 e. The summed E-state index contributed by atoms with van der Waals surface area (Å²) in [6.07, 6.45) is 0.505. The van der Waals surface area contributed by atoms with Gasteiger partial charge in [0.1, 0.15) is 11.9 Å². The summed E-state index contributed by atoms with van der Waals surface area (Å²) in [5.41, 5.74) is 0.518. The zero-order valence-corrected chi connectivity index (χ0v) is 8.42. The van der Waals surface area contributed by atoms with Crippen molar-refractivity contribution in [1.29, 1.82) is 5.26 Å². The van der Waals surface area contributed by atoms with Crippen molar-refractivity contribution in [3.05, 3.63) is 23.9 Å². The Bertz CT molecular complexity index is 431. The van der Waals surface area contributed by atoms with Gasteiger partial charge in [0.2, 0.25) is 0 Å². The number of aromatic nitrogens is 1. The summed E-state index contributed by atoms with van der Waals surface area (Å²) >= 11 is 0. The third kappa shape index (κ3) is 2.03. The predicted molar refractivity (Wildman–Crippen MR) is 56.1 cm³/mol. The van der Waals surface area contributed by atoms with E-state index in [9.17, 15) is 4.79 Å². The van der Waals surface area contributed by atoms with Crippen LogP contribution in [-0.2, 0) is 0 Å². The minimum atomic E-state index is -1.00. The molecule has 1 aliphatic heterocycles. The van der Waals surface area contributed by atoms with Gasteiger partial charge >= 0.3 is 6.09 Å². The van der Waals surface area contributed by atoms with Gasteiger partial charge in [0, 0.05) is 19.3 Å². The van der Waals surface area contributed by atoms with Crippen LogP contribution >= 0.6 is 0 Å². The van der Waals surface area contributed by atoms with E-state index in [1.54, 1.807) is 12.1 Å². The van der Waals surface area contributed by atoms with E-state index < -0.39 is 6.09 Å². The largest absolute Gasteiger partial charge is 0.465 e. The van der Waals surface area contributed by atoms with E-state index in [1.165, 1.54) is 6.20 Å². The fraction of sp³-hybridized carbons (Fsp3) is 0.300. The van der Waals surface area contributed by atoms with Crippen LogP contribution in [0.3, 0.4) is 0 Å². The van der Waals surface area contributed by atoms with Gasteiger partial charge in [-0.1, -0.05) is 0 Å². The molecule has 6 heteroatoms. The standard InChI is InChI=1S/C10H10N4O2/c11-3-7-1-2-9(12-4-7)14-5-8(6-14)13-10(15)16/h1-2,4,8,13H,5-6H2,(H,15,16). The summed E-state index contributed by atoms with van der Waals surface area (Å²) in [6, 6.07) is 5.41. The fourth-order valence-corrected chi connectivity index (χ4v) is 1.57. The topological polar surface area (TPSA) is 89.2 Å². The number of carboxylic acid groups (broad SMARTS) is 1. The Labute approximate surface area is 92.1 Å². The molecule has 2 heterocycles. The Morgan fingerprint density at radius 3 is 2.88 bits per heavy atom. The van der Waals surface area contributed by atoms with E-state index >= 15 is 0 Å². The molecule has 1 aromatic heterocycles. The summed E-state index contributed by atoms with van der Waals surface area (Å²) in [5.74, 6) is 0.766. The van der Waals surface area contributed by atoms with E-state index in [2.05, 4.69) is 10.3 Å². The molecule has 0 unspecified atom stereocenters. The average molecular weight is 218 g/mol. The first kappa shape index (κ1) is 10.2. The van der Waals surface area contributed by atoms with Gasteiger partial charge < -0.3 is 15.3 Å². The minimum absolute atomic E-state index is 0.0325. The highest BCUT2D eigenvalue weighted by Gasteiger charge is 2.28. The lowest BCUT2D eigenvalue weighted by Crippen LogP contribution is -2.59. The van der Waals surface area contributed by atoms with Crippen molar-refractivity contribution >= 4 is 11.9 Å². The molecule has 0 aromatic carbocycles. The Balaban J connectivity index is 1.91. The van der Waals surface area contributed by atoms with Crippen molar-refractivity contribution in [2.24, 2.45) is 0 Å². The second kappa shape index (κ2) is 4.06. The Hall–Kier alpha value is -2.29.